The van der Waals surface area contributed by atoms with Crippen molar-refractivity contribution < 1.29 is 9.53 Å². The minimum absolute atomic E-state index is 0.112. The van der Waals surface area contributed by atoms with Gasteiger partial charge in [0.05, 0.1) is 31.1 Å². The summed E-state index contributed by atoms with van der Waals surface area (Å²) in [5, 5.41) is 14.9. The molecule has 142 valence electrons. The van der Waals surface area contributed by atoms with Crippen LogP contribution in [0.2, 0.25) is 0 Å². The van der Waals surface area contributed by atoms with Gasteiger partial charge >= 0.3 is 6.03 Å². The van der Waals surface area contributed by atoms with Gasteiger partial charge in [-0.25, -0.2) is 4.79 Å². The van der Waals surface area contributed by atoms with Gasteiger partial charge in [0.1, 0.15) is 0 Å². The highest BCUT2D eigenvalue weighted by molar-refractivity contribution is 5.74. The number of ether oxygens (including phenoxy) is 1. The van der Waals surface area contributed by atoms with Crippen molar-refractivity contribution in [2.75, 3.05) is 20.3 Å². The van der Waals surface area contributed by atoms with E-state index in [-0.39, 0.29) is 6.03 Å². The molecule has 0 aromatic carbocycles. The zero-order valence-electron chi connectivity index (χ0n) is 16.1. The Labute approximate surface area is 153 Å². The molecule has 0 spiro atoms. The Bertz CT molecular complexity index is 779. The van der Waals surface area contributed by atoms with E-state index >= 15 is 0 Å². The lowest BCUT2D eigenvalue weighted by Gasteiger charge is -2.23. The summed E-state index contributed by atoms with van der Waals surface area (Å²) in [5.74, 6) is 0. The summed E-state index contributed by atoms with van der Waals surface area (Å²) in [4.78, 5) is 14.5. The van der Waals surface area contributed by atoms with Crippen LogP contribution in [-0.4, -0.2) is 51.2 Å². The molecule has 0 unspecified atom stereocenters. The maximum atomic E-state index is 12.8. The first-order chi connectivity index (χ1) is 12.5. The van der Waals surface area contributed by atoms with Crippen molar-refractivity contribution in [1.82, 2.24) is 30.2 Å². The predicted molar refractivity (Wildman–Crippen MR) is 97.8 cm³/mol. The van der Waals surface area contributed by atoms with Crippen molar-refractivity contribution in [3.8, 4) is 0 Å². The van der Waals surface area contributed by atoms with Gasteiger partial charge in [-0.15, -0.1) is 0 Å². The number of aromatic nitrogens is 4. The van der Waals surface area contributed by atoms with E-state index in [9.17, 15) is 4.79 Å². The molecular formula is C18H28N6O2. The number of aromatic amines is 1. The summed E-state index contributed by atoms with van der Waals surface area (Å²) >= 11 is 0. The van der Waals surface area contributed by atoms with Crippen molar-refractivity contribution in [1.29, 1.82) is 0 Å². The molecule has 3 rings (SSSR count). The third kappa shape index (κ3) is 3.75. The fourth-order valence-corrected chi connectivity index (χ4v) is 3.50. The molecule has 26 heavy (non-hydrogen) atoms. The largest absolute Gasteiger partial charge is 0.383 e. The van der Waals surface area contributed by atoms with Crippen LogP contribution in [0.25, 0.3) is 0 Å². The minimum atomic E-state index is -0.112. The number of rotatable bonds is 7. The number of H-pyrrole nitrogens is 1. The summed E-state index contributed by atoms with van der Waals surface area (Å²) in [5.41, 5.74) is 6.54. The van der Waals surface area contributed by atoms with Crippen molar-refractivity contribution in [2.24, 2.45) is 7.05 Å². The van der Waals surface area contributed by atoms with E-state index < -0.39 is 0 Å². The van der Waals surface area contributed by atoms with Crippen LogP contribution in [0, 0.1) is 13.8 Å². The number of nitrogens with one attached hydrogen (secondary N) is 2. The number of urea groups is 1. The number of methoxy groups -OCH3 is 1. The molecule has 0 atom stereocenters. The number of carbonyl (C=O) groups excluding carboxylic acids is 1. The first kappa shape index (κ1) is 18.4. The SMILES string of the molecule is COCCN(Cc1c(C)nn(C)c1C)C(=O)NCc1n[nH]c2c1CCC2. The second kappa shape index (κ2) is 7.90. The lowest BCUT2D eigenvalue weighted by atomic mass is 10.2. The molecule has 2 aromatic heterocycles. The molecule has 1 aliphatic carbocycles. The predicted octanol–water partition coefficient (Wildman–Crippen LogP) is 1.61. The molecule has 0 radical (unpaired) electrons. The van der Waals surface area contributed by atoms with Gasteiger partial charge in [0.15, 0.2) is 0 Å². The summed E-state index contributed by atoms with van der Waals surface area (Å²) in [7, 11) is 3.56. The van der Waals surface area contributed by atoms with E-state index in [1.54, 1.807) is 12.0 Å². The zero-order valence-corrected chi connectivity index (χ0v) is 16.1. The highest BCUT2D eigenvalue weighted by Gasteiger charge is 2.21. The molecule has 2 heterocycles. The normalized spacial score (nSPS) is 13.1. The third-order valence-electron chi connectivity index (χ3n) is 5.16. The van der Waals surface area contributed by atoms with Gasteiger partial charge in [0.25, 0.3) is 0 Å². The molecule has 2 aromatic rings. The second-order valence-corrected chi connectivity index (χ2v) is 6.83. The van der Waals surface area contributed by atoms with Gasteiger partial charge in [0, 0.05) is 37.7 Å². The maximum absolute atomic E-state index is 12.8. The number of hydrogen-bond donors (Lipinski definition) is 2. The van der Waals surface area contributed by atoms with Crippen LogP contribution in [0.15, 0.2) is 0 Å². The van der Waals surface area contributed by atoms with Crippen LogP contribution in [-0.2, 0) is 37.7 Å². The van der Waals surface area contributed by atoms with Gasteiger partial charge < -0.3 is 15.0 Å². The van der Waals surface area contributed by atoms with E-state index in [0.29, 0.717) is 26.2 Å². The fourth-order valence-electron chi connectivity index (χ4n) is 3.50. The highest BCUT2D eigenvalue weighted by Crippen LogP contribution is 2.22. The lowest BCUT2D eigenvalue weighted by molar-refractivity contribution is 0.146. The summed E-state index contributed by atoms with van der Waals surface area (Å²) in [6, 6.07) is -0.112. The number of hydrogen-bond acceptors (Lipinski definition) is 4. The van der Waals surface area contributed by atoms with E-state index in [4.69, 9.17) is 4.74 Å². The Morgan fingerprint density at radius 2 is 2.19 bits per heavy atom. The van der Waals surface area contributed by atoms with Crippen LogP contribution >= 0.6 is 0 Å². The minimum Gasteiger partial charge on any atom is -0.383 e. The summed E-state index contributed by atoms with van der Waals surface area (Å²) in [6.07, 6.45) is 3.25. The number of nitrogens with zero attached hydrogens (tertiary/aromatic N) is 4. The highest BCUT2D eigenvalue weighted by atomic mass is 16.5. The average Bonchev–Trinajstić information content (AvgIpc) is 3.28. The standard InChI is InChI=1S/C18H28N6O2/c1-12-15(13(2)23(3)22-12)11-24(8-9-26-4)18(25)19-10-17-14-6-5-7-16(14)20-21-17/h5-11H2,1-4H3,(H,19,25)(H,20,21). The Morgan fingerprint density at radius 1 is 1.38 bits per heavy atom. The van der Waals surface area contributed by atoms with E-state index in [1.807, 2.05) is 25.6 Å². The molecule has 2 N–H and O–H groups in total. The van der Waals surface area contributed by atoms with Crippen LogP contribution < -0.4 is 5.32 Å². The Kier molecular flexibility index (Phi) is 5.61. The molecule has 2 amide bonds. The van der Waals surface area contributed by atoms with Gasteiger partial charge in [-0.1, -0.05) is 0 Å². The molecule has 1 aliphatic rings. The summed E-state index contributed by atoms with van der Waals surface area (Å²) in [6.45, 7) is 5.97. The second-order valence-electron chi connectivity index (χ2n) is 6.83. The quantitative estimate of drug-likeness (QED) is 0.785. The van der Waals surface area contributed by atoms with Crippen LogP contribution in [0.5, 0.6) is 0 Å². The smallest absolute Gasteiger partial charge is 0.318 e. The van der Waals surface area contributed by atoms with Crippen molar-refractivity contribution >= 4 is 6.03 Å². The average molecular weight is 360 g/mol. The molecular weight excluding hydrogens is 332 g/mol. The first-order valence-corrected chi connectivity index (χ1v) is 9.07. The van der Waals surface area contributed by atoms with Crippen LogP contribution in [0.4, 0.5) is 4.79 Å². The van der Waals surface area contributed by atoms with Gasteiger partial charge in [-0.3, -0.25) is 9.78 Å². The summed E-state index contributed by atoms with van der Waals surface area (Å²) < 4.78 is 7.03. The molecule has 0 bridgehead atoms. The maximum Gasteiger partial charge on any atom is 0.318 e. The lowest BCUT2D eigenvalue weighted by Crippen LogP contribution is -2.41. The number of aryl methyl sites for hydroxylation is 3. The number of carbonyl (C=O) groups is 1. The number of amides is 2. The van der Waals surface area contributed by atoms with Crippen molar-refractivity contribution in [2.45, 2.75) is 46.2 Å². The van der Waals surface area contributed by atoms with Crippen LogP contribution in [0.3, 0.4) is 0 Å². The van der Waals surface area contributed by atoms with E-state index in [1.165, 1.54) is 11.3 Å². The third-order valence-corrected chi connectivity index (χ3v) is 5.16. The Morgan fingerprint density at radius 3 is 2.88 bits per heavy atom. The Balaban J connectivity index is 1.67. The van der Waals surface area contributed by atoms with E-state index in [2.05, 4.69) is 20.6 Å². The van der Waals surface area contributed by atoms with Crippen molar-refractivity contribution in [3.63, 3.8) is 0 Å². The molecule has 0 fully saturated rings. The first-order valence-electron chi connectivity index (χ1n) is 9.07. The van der Waals surface area contributed by atoms with Gasteiger partial charge in [-0.05, 0) is 38.7 Å². The molecule has 0 saturated carbocycles. The number of fused-ring (bicyclic) bond motifs is 1. The van der Waals surface area contributed by atoms with E-state index in [0.717, 1.165) is 41.9 Å². The molecule has 8 heteroatoms. The Hall–Kier alpha value is -2.35. The van der Waals surface area contributed by atoms with Crippen molar-refractivity contribution in [3.05, 3.63) is 33.9 Å². The van der Waals surface area contributed by atoms with Gasteiger partial charge in [0.2, 0.25) is 0 Å². The molecule has 8 nitrogen and oxygen atoms in total. The topological polar surface area (TPSA) is 88.1 Å². The monoisotopic (exact) mass is 360 g/mol. The van der Waals surface area contributed by atoms with Gasteiger partial charge in [-0.2, -0.15) is 10.2 Å². The molecule has 0 aliphatic heterocycles. The zero-order chi connectivity index (χ0) is 18.7. The molecule has 0 saturated heterocycles. The van der Waals surface area contributed by atoms with Crippen LogP contribution in [0.1, 0.15) is 40.3 Å². The fraction of sp³-hybridized carbons (Fsp3) is 0.611.